The molecule has 2 rings (SSSR count). The van der Waals surface area contributed by atoms with E-state index in [4.69, 9.17) is 10.5 Å². The van der Waals surface area contributed by atoms with Gasteiger partial charge < -0.3 is 10.5 Å². The van der Waals surface area contributed by atoms with Crippen LogP contribution in [0, 0.1) is 0 Å². The number of hydrogen-bond acceptors (Lipinski definition) is 5. The van der Waals surface area contributed by atoms with Gasteiger partial charge in [0.25, 0.3) is 0 Å². The van der Waals surface area contributed by atoms with Crippen molar-refractivity contribution in [1.82, 2.24) is 9.97 Å². The predicted octanol–water partition coefficient (Wildman–Crippen LogP) is 1.67. The molecule has 0 atom stereocenters. The number of hydrogen-bond donors (Lipinski definition) is 1. The second kappa shape index (κ2) is 4.37. The number of thiophene rings is 1. The molecule has 0 radical (unpaired) electrons. The number of rotatable bonds is 3. The van der Waals surface area contributed by atoms with Gasteiger partial charge in [-0.15, -0.1) is 11.3 Å². The summed E-state index contributed by atoms with van der Waals surface area (Å²) in [6.07, 6.45) is 3.26. The van der Waals surface area contributed by atoms with Crippen LogP contribution < -0.4 is 10.5 Å². The first-order valence-electron chi connectivity index (χ1n) is 4.48. The van der Waals surface area contributed by atoms with Gasteiger partial charge in [-0.25, -0.2) is 9.97 Å². The van der Waals surface area contributed by atoms with Crippen LogP contribution in [0.4, 0.5) is 0 Å². The predicted molar refractivity (Wildman–Crippen MR) is 59.8 cm³/mol. The zero-order valence-corrected chi connectivity index (χ0v) is 9.12. The van der Waals surface area contributed by atoms with Crippen LogP contribution in [-0.2, 0) is 6.54 Å². The molecule has 4 nitrogen and oxygen atoms in total. The Hall–Kier alpha value is -1.46. The normalized spacial score (nSPS) is 10.3. The lowest BCUT2D eigenvalue weighted by Crippen LogP contribution is -1.93. The molecular formula is C10H11N3OS. The zero-order valence-electron chi connectivity index (χ0n) is 8.30. The minimum Gasteiger partial charge on any atom is -0.479 e. The largest absolute Gasteiger partial charge is 0.479 e. The van der Waals surface area contributed by atoms with Crippen LogP contribution in [0.25, 0.3) is 11.3 Å². The highest BCUT2D eigenvalue weighted by molar-refractivity contribution is 7.10. The molecule has 0 aliphatic rings. The average molecular weight is 221 g/mol. The maximum Gasteiger partial charge on any atom is 0.240 e. The average Bonchev–Trinajstić information content (AvgIpc) is 2.77. The van der Waals surface area contributed by atoms with E-state index in [0.29, 0.717) is 12.4 Å². The fourth-order valence-corrected chi connectivity index (χ4v) is 2.03. The summed E-state index contributed by atoms with van der Waals surface area (Å²) >= 11 is 1.62. The summed E-state index contributed by atoms with van der Waals surface area (Å²) in [6.45, 7) is 0.549. The molecule has 0 saturated carbocycles. The first-order valence-corrected chi connectivity index (χ1v) is 5.36. The van der Waals surface area contributed by atoms with Gasteiger partial charge in [0.05, 0.1) is 7.11 Å². The van der Waals surface area contributed by atoms with E-state index < -0.39 is 0 Å². The van der Waals surface area contributed by atoms with Crippen LogP contribution in [0.5, 0.6) is 5.88 Å². The molecule has 2 aromatic rings. The van der Waals surface area contributed by atoms with E-state index in [1.165, 1.54) is 0 Å². The number of ether oxygens (including phenoxy) is 1. The molecule has 2 N–H and O–H groups in total. The van der Waals surface area contributed by atoms with Crippen LogP contribution in [0.3, 0.4) is 0 Å². The van der Waals surface area contributed by atoms with Gasteiger partial charge in [0.15, 0.2) is 0 Å². The summed E-state index contributed by atoms with van der Waals surface area (Å²) in [5, 5.41) is 2.01. The Labute approximate surface area is 91.8 Å². The number of methoxy groups -OCH3 is 1. The lowest BCUT2D eigenvalue weighted by Gasteiger charge is -2.02. The highest BCUT2D eigenvalue weighted by Gasteiger charge is 2.09. The molecule has 0 bridgehead atoms. The van der Waals surface area contributed by atoms with Gasteiger partial charge in [-0.3, -0.25) is 0 Å². The molecule has 0 unspecified atom stereocenters. The van der Waals surface area contributed by atoms with Gasteiger partial charge in [-0.05, 0) is 6.07 Å². The molecule has 0 fully saturated rings. The van der Waals surface area contributed by atoms with E-state index >= 15 is 0 Å². The Balaban J connectivity index is 2.44. The van der Waals surface area contributed by atoms with Crippen LogP contribution in [-0.4, -0.2) is 17.1 Å². The number of aromatic nitrogens is 2. The van der Waals surface area contributed by atoms with Crippen molar-refractivity contribution in [3.63, 3.8) is 0 Å². The van der Waals surface area contributed by atoms with Crippen LogP contribution in [0.2, 0.25) is 0 Å². The highest BCUT2D eigenvalue weighted by Crippen LogP contribution is 2.28. The van der Waals surface area contributed by atoms with Crippen molar-refractivity contribution in [1.29, 1.82) is 0 Å². The van der Waals surface area contributed by atoms with Crippen molar-refractivity contribution in [2.75, 3.05) is 7.11 Å². The molecule has 0 aliphatic carbocycles. The van der Waals surface area contributed by atoms with Crippen LogP contribution in [0.15, 0.2) is 23.8 Å². The van der Waals surface area contributed by atoms with E-state index in [1.807, 2.05) is 11.4 Å². The van der Waals surface area contributed by atoms with Gasteiger partial charge in [0.2, 0.25) is 5.88 Å². The SMILES string of the molecule is COc1nccnc1-c1csc(CN)c1. The van der Waals surface area contributed by atoms with E-state index in [-0.39, 0.29) is 0 Å². The third-order valence-electron chi connectivity index (χ3n) is 1.99. The molecule has 15 heavy (non-hydrogen) atoms. The standard InChI is InChI=1S/C10H11N3OS/c1-14-10-9(12-2-3-13-10)7-4-8(5-11)15-6-7/h2-4,6H,5,11H2,1H3. The maximum atomic E-state index is 5.55. The summed E-state index contributed by atoms with van der Waals surface area (Å²) in [7, 11) is 1.59. The summed E-state index contributed by atoms with van der Waals surface area (Å²) < 4.78 is 5.14. The summed E-state index contributed by atoms with van der Waals surface area (Å²) in [6, 6.07) is 2.01. The maximum absolute atomic E-state index is 5.55. The molecule has 0 amide bonds. The molecule has 0 saturated heterocycles. The van der Waals surface area contributed by atoms with Crippen molar-refractivity contribution in [2.24, 2.45) is 5.73 Å². The first-order chi connectivity index (χ1) is 7.35. The molecule has 5 heteroatoms. The monoisotopic (exact) mass is 221 g/mol. The Morgan fingerprint density at radius 3 is 2.87 bits per heavy atom. The lowest BCUT2D eigenvalue weighted by atomic mass is 10.2. The molecule has 0 aliphatic heterocycles. The van der Waals surface area contributed by atoms with E-state index in [0.717, 1.165) is 16.1 Å². The smallest absolute Gasteiger partial charge is 0.240 e. The van der Waals surface area contributed by atoms with Crippen molar-refractivity contribution in [3.8, 4) is 17.1 Å². The van der Waals surface area contributed by atoms with Gasteiger partial charge in [-0.1, -0.05) is 0 Å². The summed E-state index contributed by atoms with van der Waals surface area (Å²) in [4.78, 5) is 9.47. The third kappa shape index (κ3) is 1.98. The minimum absolute atomic E-state index is 0.541. The third-order valence-corrected chi connectivity index (χ3v) is 2.95. The fraction of sp³-hybridized carbons (Fsp3) is 0.200. The second-order valence-electron chi connectivity index (χ2n) is 2.92. The Bertz CT molecular complexity index is 455. The van der Waals surface area contributed by atoms with Gasteiger partial charge >= 0.3 is 0 Å². The van der Waals surface area contributed by atoms with E-state index in [2.05, 4.69) is 9.97 Å². The van der Waals surface area contributed by atoms with Gasteiger partial charge in [0, 0.05) is 34.8 Å². The molecule has 0 aromatic carbocycles. The van der Waals surface area contributed by atoms with E-state index in [1.54, 1.807) is 30.8 Å². The van der Waals surface area contributed by atoms with Gasteiger partial charge in [0.1, 0.15) is 5.69 Å². The summed E-state index contributed by atoms with van der Waals surface area (Å²) in [5.41, 5.74) is 7.32. The first kappa shape index (κ1) is 10.1. The summed E-state index contributed by atoms with van der Waals surface area (Å²) in [5.74, 6) is 0.541. The van der Waals surface area contributed by atoms with Crippen molar-refractivity contribution in [3.05, 3.63) is 28.7 Å². The molecule has 2 heterocycles. The van der Waals surface area contributed by atoms with Crippen LogP contribution >= 0.6 is 11.3 Å². The zero-order chi connectivity index (χ0) is 10.7. The molecule has 78 valence electrons. The highest BCUT2D eigenvalue weighted by atomic mass is 32.1. The molecular weight excluding hydrogens is 210 g/mol. The minimum atomic E-state index is 0.541. The Morgan fingerprint density at radius 2 is 2.20 bits per heavy atom. The van der Waals surface area contributed by atoms with Crippen molar-refractivity contribution < 1.29 is 4.74 Å². The second-order valence-corrected chi connectivity index (χ2v) is 3.92. The molecule has 2 aromatic heterocycles. The Kier molecular flexibility index (Phi) is 2.94. The number of nitrogens with zero attached hydrogens (tertiary/aromatic N) is 2. The van der Waals surface area contributed by atoms with Crippen LogP contribution in [0.1, 0.15) is 4.88 Å². The molecule has 0 spiro atoms. The topological polar surface area (TPSA) is 61.0 Å². The van der Waals surface area contributed by atoms with Crippen molar-refractivity contribution >= 4 is 11.3 Å². The fourth-order valence-electron chi connectivity index (χ4n) is 1.28. The van der Waals surface area contributed by atoms with E-state index in [9.17, 15) is 0 Å². The van der Waals surface area contributed by atoms with Gasteiger partial charge in [-0.2, -0.15) is 0 Å². The number of nitrogens with two attached hydrogens (primary N) is 1. The Morgan fingerprint density at radius 1 is 1.40 bits per heavy atom. The van der Waals surface area contributed by atoms with Crippen molar-refractivity contribution in [2.45, 2.75) is 6.54 Å². The quantitative estimate of drug-likeness (QED) is 0.856. The lowest BCUT2D eigenvalue weighted by molar-refractivity contribution is 0.398.